The van der Waals surface area contributed by atoms with Gasteiger partial charge in [-0.15, -0.1) is 11.3 Å². The van der Waals surface area contributed by atoms with Crippen molar-refractivity contribution in [3.63, 3.8) is 0 Å². The summed E-state index contributed by atoms with van der Waals surface area (Å²) in [6.07, 6.45) is -1.03. The standard InChI is InChI=1S/C31H45N5O6S2/c1-22(2)15-31(39)36(34-30(38)18-32-13-14-42-5)27(16-24-9-7-6-8-10-24)28(37)20-35(19-23(3)4)44(40,41)25-11-12-26-29(17-25)43-21-33-26/h6-12,17,21-23,27-28,32,37H,13-16,18-20H2,1-5H3,(H,34,38)/t27-,28+/m0/s1. The quantitative estimate of drug-likeness (QED) is 0.150. The summed E-state index contributed by atoms with van der Waals surface area (Å²) in [6.45, 7) is 8.23. The molecule has 0 radical (unpaired) electrons. The molecular formula is C31H45N5O6S2. The minimum Gasteiger partial charge on any atom is -0.390 e. The fourth-order valence-electron chi connectivity index (χ4n) is 4.74. The number of hydrazine groups is 1. The summed E-state index contributed by atoms with van der Waals surface area (Å²) in [5.74, 6) is -0.906. The number of ether oxygens (including phenoxy) is 1. The molecule has 13 heteroatoms. The Morgan fingerprint density at radius 2 is 1.77 bits per heavy atom. The Labute approximate surface area is 264 Å². The van der Waals surface area contributed by atoms with Crippen molar-refractivity contribution in [1.29, 1.82) is 0 Å². The van der Waals surface area contributed by atoms with E-state index in [9.17, 15) is 23.1 Å². The van der Waals surface area contributed by atoms with E-state index in [1.807, 2.05) is 58.0 Å². The summed E-state index contributed by atoms with van der Waals surface area (Å²) in [6, 6.07) is 13.1. The molecule has 0 aliphatic rings. The lowest BCUT2D eigenvalue weighted by Gasteiger charge is -2.37. The van der Waals surface area contributed by atoms with Crippen molar-refractivity contribution in [1.82, 2.24) is 25.0 Å². The molecule has 0 saturated carbocycles. The zero-order chi connectivity index (χ0) is 32.3. The smallest absolute Gasteiger partial charge is 0.252 e. The number of fused-ring (bicyclic) bond motifs is 1. The van der Waals surface area contributed by atoms with Crippen molar-refractivity contribution >= 4 is 43.4 Å². The van der Waals surface area contributed by atoms with Gasteiger partial charge in [0.25, 0.3) is 5.91 Å². The third-order valence-electron chi connectivity index (χ3n) is 6.83. The lowest BCUT2D eigenvalue weighted by atomic mass is 9.99. The normalized spacial score (nSPS) is 13.5. The highest BCUT2D eigenvalue weighted by atomic mass is 32.2. The molecular weight excluding hydrogens is 603 g/mol. The van der Waals surface area contributed by atoms with Crippen molar-refractivity contribution in [2.24, 2.45) is 11.8 Å². The second kappa shape index (κ2) is 16.9. The summed E-state index contributed by atoms with van der Waals surface area (Å²) in [4.78, 5) is 30.9. The molecule has 0 unspecified atom stereocenters. The number of carbonyl (C=O) groups excluding carboxylic acids is 2. The van der Waals surface area contributed by atoms with Gasteiger partial charge >= 0.3 is 0 Å². The summed E-state index contributed by atoms with van der Waals surface area (Å²) < 4.78 is 35.0. The van der Waals surface area contributed by atoms with Crippen LogP contribution < -0.4 is 10.7 Å². The third-order valence-corrected chi connectivity index (χ3v) is 9.45. The molecule has 242 valence electrons. The van der Waals surface area contributed by atoms with Gasteiger partial charge in [0.15, 0.2) is 0 Å². The molecule has 0 aliphatic carbocycles. The van der Waals surface area contributed by atoms with Crippen molar-refractivity contribution < 1.29 is 27.9 Å². The van der Waals surface area contributed by atoms with E-state index in [1.54, 1.807) is 24.8 Å². The van der Waals surface area contributed by atoms with Gasteiger partial charge in [-0.05, 0) is 42.0 Å². The van der Waals surface area contributed by atoms with Gasteiger partial charge in [-0.3, -0.25) is 15.0 Å². The molecule has 11 nitrogen and oxygen atoms in total. The number of benzene rings is 2. The zero-order valence-corrected chi connectivity index (χ0v) is 27.7. The molecule has 1 heterocycles. The summed E-state index contributed by atoms with van der Waals surface area (Å²) >= 11 is 1.35. The van der Waals surface area contributed by atoms with E-state index in [0.717, 1.165) is 10.3 Å². The fraction of sp³-hybridized carbons (Fsp3) is 0.516. The van der Waals surface area contributed by atoms with Crippen molar-refractivity contribution in [3.8, 4) is 0 Å². The molecule has 0 bridgehead atoms. The Morgan fingerprint density at radius 1 is 1.05 bits per heavy atom. The number of rotatable bonds is 17. The lowest BCUT2D eigenvalue weighted by molar-refractivity contribution is -0.148. The van der Waals surface area contributed by atoms with Gasteiger partial charge in [-0.2, -0.15) is 4.31 Å². The molecule has 0 fully saturated rings. The van der Waals surface area contributed by atoms with E-state index < -0.39 is 28.1 Å². The van der Waals surface area contributed by atoms with Crippen LogP contribution in [0.1, 0.15) is 39.7 Å². The molecule has 3 rings (SSSR count). The molecule has 0 saturated heterocycles. The Morgan fingerprint density at radius 3 is 2.43 bits per heavy atom. The number of amides is 2. The minimum absolute atomic E-state index is 0.0178. The van der Waals surface area contributed by atoms with Crippen LogP contribution in [-0.2, 0) is 30.8 Å². The number of hydrogen-bond acceptors (Lipinski definition) is 9. The predicted octanol–water partition coefficient (Wildman–Crippen LogP) is 3.06. The van der Waals surface area contributed by atoms with Gasteiger partial charge < -0.3 is 15.2 Å². The number of nitrogens with one attached hydrogen (secondary N) is 2. The van der Waals surface area contributed by atoms with Gasteiger partial charge in [-0.1, -0.05) is 58.0 Å². The molecule has 1 aromatic heterocycles. The number of hydrogen-bond donors (Lipinski definition) is 3. The maximum atomic E-state index is 14.0. The average Bonchev–Trinajstić information content (AvgIpc) is 3.45. The fourth-order valence-corrected chi connectivity index (χ4v) is 7.18. The number of aromatic nitrogens is 1. The number of sulfonamides is 1. The predicted molar refractivity (Wildman–Crippen MR) is 172 cm³/mol. The summed E-state index contributed by atoms with van der Waals surface area (Å²) in [5.41, 5.74) is 5.90. The van der Waals surface area contributed by atoms with Crippen LogP contribution in [0.25, 0.3) is 10.2 Å². The Balaban J connectivity index is 1.97. The molecule has 2 aromatic carbocycles. The molecule has 3 N–H and O–H groups in total. The number of thiazole rings is 1. The maximum Gasteiger partial charge on any atom is 0.252 e. The first-order valence-electron chi connectivity index (χ1n) is 14.8. The summed E-state index contributed by atoms with van der Waals surface area (Å²) in [7, 11) is -2.47. The Kier molecular flexibility index (Phi) is 13.7. The van der Waals surface area contributed by atoms with Gasteiger partial charge in [-0.25, -0.2) is 18.4 Å². The second-order valence-electron chi connectivity index (χ2n) is 11.6. The van der Waals surface area contributed by atoms with E-state index in [4.69, 9.17) is 4.74 Å². The second-order valence-corrected chi connectivity index (χ2v) is 14.4. The van der Waals surface area contributed by atoms with E-state index in [-0.39, 0.29) is 55.1 Å². The largest absolute Gasteiger partial charge is 0.390 e. The van der Waals surface area contributed by atoms with E-state index in [1.165, 1.54) is 26.7 Å². The molecule has 0 aliphatic heterocycles. The van der Waals surface area contributed by atoms with Gasteiger partial charge in [0.05, 0.1) is 45.9 Å². The van der Waals surface area contributed by atoms with Crippen molar-refractivity contribution in [2.45, 2.75) is 57.6 Å². The van der Waals surface area contributed by atoms with Crippen LogP contribution in [0, 0.1) is 11.8 Å². The topological polar surface area (TPSA) is 141 Å². The first kappa shape index (κ1) is 35.5. The number of aliphatic hydroxyl groups is 1. The number of aliphatic hydroxyl groups excluding tert-OH is 1. The van der Waals surface area contributed by atoms with E-state index in [0.29, 0.717) is 18.7 Å². The molecule has 2 amide bonds. The van der Waals surface area contributed by atoms with E-state index in [2.05, 4.69) is 15.7 Å². The van der Waals surface area contributed by atoms with Gasteiger partial charge in [0.2, 0.25) is 15.9 Å². The highest BCUT2D eigenvalue weighted by Crippen LogP contribution is 2.26. The van der Waals surface area contributed by atoms with Crippen LogP contribution in [-0.4, -0.2) is 91.7 Å². The van der Waals surface area contributed by atoms with Crippen LogP contribution in [0.3, 0.4) is 0 Å². The van der Waals surface area contributed by atoms with Crippen LogP contribution in [0.15, 0.2) is 58.9 Å². The minimum atomic E-state index is -4.03. The van der Waals surface area contributed by atoms with Crippen molar-refractivity contribution in [3.05, 3.63) is 59.6 Å². The molecule has 2 atom stereocenters. The number of nitrogens with zero attached hydrogens (tertiary/aromatic N) is 3. The van der Waals surface area contributed by atoms with Crippen LogP contribution in [0.4, 0.5) is 0 Å². The molecule has 44 heavy (non-hydrogen) atoms. The van der Waals surface area contributed by atoms with Crippen molar-refractivity contribution in [2.75, 3.05) is 39.9 Å². The highest BCUT2D eigenvalue weighted by molar-refractivity contribution is 7.89. The van der Waals surface area contributed by atoms with Gasteiger partial charge in [0.1, 0.15) is 0 Å². The maximum absolute atomic E-state index is 14.0. The third kappa shape index (κ3) is 10.3. The van der Waals surface area contributed by atoms with Crippen LogP contribution >= 0.6 is 11.3 Å². The van der Waals surface area contributed by atoms with E-state index >= 15 is 0 Å². The monoisotopic (exact) mass is 647 g/mol. The Bertz CT molecular complexity index is 1450. The van der Waals surface area contributed by atoms with Crippen LogP contribution in [0.2, 0.25) is 0 Å². The number of carbonyl (C=O) groups is 2. The SMILES string of the molecule is COCCNCC(=O)NN(C(=O)CC(C)C)[C@@H](Cc1ccccc1)[C@H](O)CN(CC(C)C)S(=O)(=O)c1ccc2ncsc2c1. The first-order chi connectivity index (χ1) is 20.9. The van der Waals surface area contributed by atoms with Crippen LogP contribution in [0.5, 0.6) is 0 Å². The van der Waals surface area contributed by atoms with Gasteiger partial charge in [0, 0.05) is 33.2 Å². The lowest BCUT2D eigenvalue weighted by Crippen LogP contribution is -2.60. The average molecular weight is 648 g/mol. The summed E-state index contributed by atoms with van der Waals surface area (Å²) in [5, 5.41) is 16.0. The molecule has 3 aromatic rings. The zero-order valence-electron chi connectivity index (χ0n) is 26.1. The highest BCUT2D eigenvalue weighted by Gasteiger charge is 2.36. The Hall–Kier alpha value is -2.94. The first-order valence-corrected chi connectivity index (χ1v) is 17.1. The molecule has 0 spiro atoms. The number of methoxy groups -OCH3 is 1.